The average molecular weight is 347 g/mol. The van der Waals surface area contributed by atoms with Crippen LogP contribution in [-0.2, 0) is 6.42 Å². The highest BCUT2D eigenvalue weighted by Gasteiger charge is 2.41. The molecule has 1 fully saturated rings. The first-order valence-corrected chi connectivity index (χ1v) is 7.99. The number of halogens is 3. The van der Waals surface area contributed by atoms with Gasteiger partial charge < -0.3 is 5.11 Å². The van der Waals surface area contributed by atoms with E-state index in [1.54, 1.807) is 0 Å². The third-order valence-corrected chi connectivity index (χ3v) is 5.10. The molecule has 0 heterocycles. The van der Waals surface area contributed by atoms with Gasteiger partial charge in [0.2, 0.25) is 0 Å². The Labute approximate surface area is 127 Å². The molecular formula is C16H21BrF2O. The van der Waals surface area contributed by atoms with Gasteiger partial charge in [-0.15, -0.1) is 0 Å². The Morgan fingerprint density at radius 3 is 2.70 bits per heavy atom. The van der Waals surface area contributed by atoms with Gasteiger partial charge in [-0.1, -0.05) is 26.7 Å². The zero-order valence-electron chi connectivity index (χ0n) is 11.9. The molecular weight excluding hydrogens is 326 g/mol. The molecule has 0 aromatic heterocycles. The predicted octanol–water partition coefficient (Wildman–Crippen LogP) is 4.85. The van der Waals surface area contributed by atoms with Gasteiger partial charge in [-0.2, -0.15) is 0 Å². The summed E-state index contributed by atoms with van der Waals surface area (Å²) in [5.74, 6) is -0.772. The van der Waals surface area contributed by atoms with Crippen LogP contribution in [0.5, 0.6) is 0 Å². The highest BCUT2D eigenvalue weighted by Crippen LogP contribution is 2.41. The quantitative estimate of drug-likeness (QED) is 0.775. The first-order valence-electron chi connectivity index (χ1n) is 7.20. The molecule has 1 aromatic rings. The Kier molecular flexibility index (Phi) is 4.85. The van der Waals surface area contributed by atoms with Gasteiger partial charge in [0, 0.05) is 12.0 Å². The summed E-state index contributed by atoms with van der Waals surface area (Å²) in [6.07, 6.45) is 3.57. The second kappa shape index (κ2) is 6.10. The van der Waals surface area contributed by atoms with Crippen LogP contribution in [0.15, 0.2) is 16.6 Å². The summed E-state index contributed by atoms with van der Waals surface area (Å²) in [6.45, 7) is 4.13. The average Bonchev–Trinajstić information content (AvgIpc) is 2.39. The summed E-state index contributed by atoms with van der Waals surface area (Å²) >= 11 is 3.08. The van der Waals surface area contributed by atoms with Gasteiger partial charge in [0.05, 0.1) is 10.1 Å². The third kappa shape index (κ3) is 3.06. The molecule has 0 radical (unpaired) electrons. The van der Waals surface area contributed by atoms with E-state index in [2.05, 4.69) is 29.8 Å². The third-order valence-electron chi connectivity index (χ3n) is 4.49. The van der Waals surface area contributed by atoms with Crippen LogP contribution in [0.1, 0.15) is 45.1 Å². The maximum Gasteiger partial charge on any atom is 0.143 e. The van der Waals surface area contributed by atoms with Crippen molar-refractivity contribution in [3.8, 4) is 0 Å². The largest absolute Gasteiger partial charge is 0.389 e. The lowest BCUT2D eigenvalue weighted by atomic mass is 9.68. The van der Waals surface area contributed by atoms with Gasteiger partial charge in [0.1, 0.15) is 11.6 Å². The Bertz CT molecular complexity index is 490. The number of aliphatic hydroxyl groups is 1. The molecule has 1 saturated carbocycles. The van der Waals surface area contributed by atoms with Crippen LogP contribution >= 0.6 is 15.9 Å². The lowest BCUT2D eigenvalue weighted by Crippen LogP contribution is -2.45. The molecule has 0 amide bonds. The minimum absolute atomic E-state index is 0.00516. The SMILES string of the molecule is CC(C)C1CCCCC1(O)Cc1c(F)ccc(Br)c1F. The summed E-state index contributed by atoms with van der Waals surface area (Å²) in [5, 5.41) is 10.9. The van der Waals surface area contributed by atoms with Crippen molar-refractivity contribution in [3.63, 3.8) is 0 Å². The summed E-state index contributed by atoms with van der Waals surface area (Å²) in [5.41, 5.74) is -1.01. The van der Waals surface area contributed by atoms with Gasteiger partial charge >= 0.3 is 0 Å². The van der Waals surface area contributed by atoms with E-state index in [9.17, 15) is 13.9 Å². The minimum atomic E-state index is -1.01. The molecule has 1 nitrogen and oxygen atoms in total. The van der Waals surface area contributed by atoms with E-state index < -0.39 is 17.2 Å². The standard InChI is InChI=1S/C16H21BrF2O/c1-10(2)12-5-3-4-8-16(12,20)9-11-14(18)7-6-13(17)15(11)19/h6-7,10,12,20H,3-5,8-9H2,1-2H3. The molecule has 2 atom stereocenters. The van der Waals surface area contributed by atoms with Crippen LogP contribution in [0, 0.1) is 23.5 Å². The summed E-state index contributed by atoms with van der Waals surface area (Å²) in [7, 11) is 0. The fourth-order valence-corrected chi connectivity index (χ4v) is 3.83. The van der Waals surface area contributed by atoms with Gasteiger partial charge in [0.15, 0.2) is 0 Å². The molecule has 1 aliphatic rings. The van der Waals surface area contributed by atoms with E-state index in [0.29, 0.717) is 12.3 Å². The van der Waals surface area contributed by atoms with Gasteiger partial charge in [-0.05, 0) is 52.7 Å². The zero-order valence-corrected chi connectivity index (χ0v) is 13.5. The lowest BCUT2D eigenvalue weighted by Gasteiger charge is -2.42. The smallest absolute Gasteiger partial charge is 0.143 e. The number of hydrogen-bond acceptors (Lipinski definition) is 1. The van der Waals surface area contributed by atoms with Gasteiger partial charge in [0.25, 0.3) is 0 Å². The van der Waals surface area contributed by atoms with E-state index in [-0.39, 0.29) is 22.4 Å². The van der Waals surface area contributed by atoms with E-state index in [1.807, 2.05) is 0 Å². The molecule has 0 aliphatic heterocycles. The van der Waals surface area contributed by atoms with Crippen LogP contribution in [0.2, 0.25) is 0 Å². The predicted molar refractivity (Wildman–Crippen MR) is 79.5 cm³/mol. The Morgan fingerprint density at radius 2 is 2.05 bits per heavy atom. The summed E-state index contributed by atoms with van der Waals surface area (Å²) in [6, 6.07) is 2.61. The van der Waals surface area contributed by atoms with E-state index in [4.69, 9.17) is 0 Å². The number of hydrogen-bond donors (Lipinski definition) is 1. The van der Waals surface area contributed by atoms with Crippen molar-refractivity contribution in [2.24, 2.45) is 11.8 Å². The van der Waals surface area contributed by atoms with Crippen molar-refractivity contribution in [1.29, 1.82) is 0 Å². The highest BCUT2D eigenvalue weighted by molar-refractivity contribution is 9.10. The van der Waals surface area contributed by atoms with Crippen molar-refractivity contribution in [3.05, 3.63) is 33.8 Å². The van der Waals surface area contributed by atoms with E-state index >= 15 is 0 Å². The summed E-state index contributed by atoms with van der Waals surface area (Å²) < 4.78 is 28.3. The fourth-order valence-electron chi connectivity index (χ4n) is 3.46. The fraction of sp³-hybridized carbons (Fsp3) is 0.625. The second-order valence-corrected chi connectivity index (χ2v) is 7.05. The monoisotopic (exact) mass is 346 g/mol. The topological polar surface area (TPSA) is 20.2 Å². The Morgan fingerprint density at radius 1 is 1.35 bits per heavy atom. The molecule has 112 valence electrons. The van der Waals surface area contributed by atoms with Crippen molar-refractivity contribution < 1.29 is 13.9 Å². The van der Waals surface area contributed by atoms with E-state index in [0.717, 1.165) is 19.3 Å². The first kappa shape index (κ1) is 15.9. The maximum absolute atomic E-state index is 14.1. The van der Waals surface area contributed by atoms with Crippen molar-refractivity contribution in [1.82, 2.24) is 0 Å². The van der Waals surface area contributed by atoms with Crippen molar-refractivity contribution >= 4 is 15.9 Å². The number of benzene rings is 1. The molecule has 1 aliphatic carbocycles. The molecule has 20 heavy (non-hydrogen) atoms. The van der Waals surface area contributed by atoms with Crippen molar-refractivity contribution in [2.75, 3.05) is 0 Å². The molecule has 2 unspecified atom stereocenters. The molecule has 0 saturated heterocycles. The van der Waals surface area contributed by atoms with E-state index in [1.165, 1.54) is 12.1 Å². The normalized spacial score (nSPS) is 27.1. The molecule has 0 bridgehead atoms. The molecule has 2 rings (SSSR count). The first-order chi connectivity index (χ1) is 9.35. The van der Waals surface area contributed by atoms with Crippen LogP contribution < -0.4 is 0 Å². The summed E-state index contributed by atoms with van der Waals surface area (Å²) in [4.78, 5) is 0. The molecule has 1 aromatic carbocycles. The molecule has 1 N–H and O–H groups in total. The van der Waals surface area contributed by atoms with Gasteiger partial charge in [-0.3, -0.25) is 0 Å². The lowest BCUT2D eigenvalue weighted by molar-refractivity contribution is -0.0663. The van der Waals surface area contributed by atoms with Crippen LogP contribution in [0.4, 0.5) is 8.78 Å². The number of rotatable bonds is 3. The van der Waals surface area contributed by atoms with Crippen molar-refractivity contribution in [2.45, 2.75) is 51.6 Å². The second-order valence-electron chi connectivity index (χ2n) is 6.20. The van der Waals surface area contributed by atoms with Crippen LogP contribution in [-0.4, -0.2) is 10.7 Å². The molecule has 4 heteroatoms. The van der Waals surface area contributed by atoms with Crippen LogP contribution in [0.3, 0.4) is 0 Å². The minimum Gasteiger partial charge on any atom is -0.389 e. The van der Waals surface area contributed by atoms with Crippen LogP contribution in [0.25, 0.3) is 0 Å². The molecule has 0 spiro atoms. The van der Waals surface area contributed by atoms with Gasteiger partial charge in [-0.25, -0.2) is 8.78 Å². The maximum atomic E-state index is 14.1. The highest BCUT2D eigenvalue weighted by atomic mass is 79.9. The zero-order chi connectivity index (χ0) is 14.9. The Balaban J connectivity index is 2.34. The Hall–Kier alpha value is -0.480.